The normalized spacial score (nSPS) is 11.2. The Balaban J connectivity index is 0. The number of carboxylic acids is 2. The number of unbranched alkanes of at least 4 members (excludes halogenated alkanes) is 12. The van der Waals surface area contributed by atoms with Gasteiger partial charge in [0, 0.05) is 0 Å². The molecule has 0 atom stereocenters. The summed E-state index contributed by atoms with van der Waals surface area (Å²) in [5.74, 6) is -2.32. The van der Waals surface area contributed by atoms with E-state index in [0.29, 0.717) is 12.8 Å². The topological polar surface area (TPSA) is 74.6 Å². The fraction of sp³-hybridized carbons (Fsp3) is 0.905. The van der Waals surface area contributed by atoms with E-state index >= 15 is 0 Å². The average Bonchev–Trinajstić information content (AvgIpc) is 2.57. The van der Waals surface area contributed by atoms with Crippen LogP contribution in [0.3, 0.4) is 0 Å². The van der Waals surface area contributed by atoms with Gasteiger partial charge in [-0.15, -0.1) is 0 Å². The van der Waals surface area contributed by atoms with E-state index in [1.807, 2.05) is 0 Å². The molecule has 0 saturated heterocycles. The summed E-state index contributed by atoms with van der Waals surface area (Å²) in [6.07, 6.45) is 15.9. The molecule has 0 aromatic carbocycles. The molecule has 0 aliphatic carbocycles. The Morgan fingerprint density at radius 2 is 0.846 bits per heavy atom. The molecule has 5 heteroatoms. The van der Waals surface area contributed by atoms with Gasteiger partial charge < -0.3 is 10.2 Å². The van der Waals surface area contributed by atoms with E-state index in [4.69, 9.17) is 0 Å². The molecule has 0 spiro atoms. The van der Waals surface area contributed by atoms with Crippen LogP contribution in [-0.4, -0.2) is 71.0 Å². The molecule has 0 aromatic rings. The van der Waals surface area contributed by atoms with Gasteiger partial charge in [0.15, 0.2) is 5.41 Å². The van der Waals surface area contributed by atoms with Gasteiger partial charge in [0.2, 0.25) is 0 Å². The van der Waals surface area contributed by atoms with E-state index in [1.165, 1.54) is 44.9 Å². The molecule has 0 aliphatic rings. The van der Waals surface area contributed by atoms with Gasteiger partial charge in [-0.3, -0.25) is 9.59 Å². The quantitative estimate of drug-likeness (QED) is 0.149. The molecular weight excluding hydrogens is 454 g/mol. The number of aliphatic carboxylic acids is 2. The standard InChI is InChI=1S/C21H40O4.Ba.2H/c1-3-5-7-9-10-11-12-13-14-16-18-21(19(22)23,20(24)25)17-15-8-6-4-2;;;/h3-18H2,1-2H3,(H,22,23)(H,24,25);;;. The molecule has 0 fully saturated rings. The Hall–Kier alpha value is 0.511. The third-order valence-electron chi connectivity index (χ3n) is 5.23. The molecule has 0 bridgehead atoms. The second-order valence-electron chi connectivity index (χ2n) is 7.44. The SMILES string of the molecule is CCCCCCCCCCCCC(CCCCCC)(C(=O)O)C(=O)O.[BaH2]. The minimum atomic E-state index is -1.58. The molecule has 0 unspecified atom stereocenters. The summed E-state index contributed by atoms with van der Waals surface area (Å²) in [6, 6.07) is 0. The van der Waals surface area contributed by atoms with E-state index < -0.39 is 17.4 Å². The number of carbonyl (C=O) groups is 2. The molecule has 0 amide bonds. The predicted molar refractivity (Wildman–Crippen MR) is 111 cm³/mol. The fourth-order valence-corrected chi connectivity index (χ4v) is 3.41. The van der Waals surface area contributed by atoms with E-state index in [0.717, 1.165) is 32.1 Å². The van der Waals surface area contributed by atoms with Crippen LogP contribution in [-0.2, 0) is 9.59 Å². The summed E-state index contributed by atoms with van der Waals surface area (Å²) >= 11 is 0. The molecule has 0 aromatic heterocycles. The molecule has 4 nitrogen and oxygen atoms in total. The number of hydrogen-bond donors (Lipinski definition) is 2. The molecule has 2 N–H and O–H groups in total. The van der Waals surface area contributed by atoms with Crippen molar-refractivity contribution in [1.29, 1.82) is 0 Å². The van der Waals surface area contributed by atoms with Crippen LogP contribution < -0.4 is 0 Å². The van der Waals surface area contributed by atoms with Crippen LogP contribution in [0.5, 0.6) is 0 Å². The Bertz CT molecular complexity index is 344. The van der Waals surface area contributed by atoms with Crippen molar-refractivity contribution in [1.82, 2.24) is 0 Å². The van der Waals surface area contributed by atoms with Gasteiger partial charge in [-0.05, 0) is 12.8 Å². The molecule has 0 saturated carbocycles. The molecule has 0 heterocycles. The molecule has 152 valence electrons. The Morgan fingerprint density at radius 1 is 0.577 bits per heavy atom. The zero-order valence-corrected chi connectivity index (χ0v) is 16.5. The minimum absolute atomic E-state index is 0. The predicted octanol–water partition coefficient (Wildman–Crippen LogP) is 5.51. The Morgan fingerprint density at radius 3 is 1.15 bits per heavy atom. The summed E-state index contributed by atoms with van der Waals surface area (Å²) in [5.41, 5.74) is -1.58. The first-order valence-electron chi connectivity index (χ1n) is 10.5. The summed E-state index contributed by atoms with van der Waals surface area (Å²) in [4.78, 5) is 23.3. The summed E-state index contributed by atoms with van der Waals surface area (Å²) in [7, 11) is 0. The van der Waals surface area contributed by atoms with Gasteiger partial charge in [-0.1, -0.05) is 104 Å². The molecule has 0 aliphatic heterocycles. The monoisotopic (exact) mass is 496 g/mol. The van der Waals surface area contributed by atoms with Crippen molar-refractivity contribution in [2.24, 2.45) is 5.41 Å². The van der Waals surface area contributed by atoms with E-state index in [1.54, 1.807) is 0 Å². The van der Waals surface area contributed by atoms with Gasteiger partial charge in [-0.2, -0.15) is 0 Å². The van der Waals surface area contributed by atoms with Crippen LogP contribution in [0.4, 0.5) is 0 Å². The van der Waals surface area contributed by atoms with Crippen molar-refractivity contribution in [3.8, 4) is 0 Å². The van der Waals surface area contributed by atoms with E-state index in [2.05, 4.69) is 13.8 Å². The van der Waals surface area contributed by atoms with Crippen molar-refractivity contribution in [2.75, 3.05) is 0 Å². The third kappa shape index (κ3) is 12.8. The molecular formula is C21H42BaO4. The van der Waals surface area contributed by atoms with Gasteiger partial charge >= 0.3 is 60.8 Å². The van der Waals surface area contributed by atoms with Gasteiger partial charge in [0.1, 0.15) is 0 Å². The van der Waals surface area contributed by atoms with Crippen molar-refractivity contribution >= 4 is 60.8 Å². The second-order valence-corrected chi connectivity index (χ2v) is 7.44. The maximum absolute atomic E-state index is 11.6. The van der Waals surface area contributed by atoms with Crippen LogP contribution in [0.2, 0.25) is 0 Å². The first kappa shape index (κ1) is 28.7. The zero-order valence-electron chi connectivity index (χ0n) is 16.5. The molecule has 26 heavy (non-hydrogen) atoms. The Labute approximate surface area is 201 Å². The fourth-order valence-electron chi connectivity index (χ4n) is 3.41. The maximum atomic E-state index is 11.6. The van der Waals surface area contributed by atoms with E-state index in [9.17, 15) is 19.8 Å². The van der Waals surface area contributed by atoms with Gasteiger partial charge in [0.25, 0.3) is 0 Å². The van der Waals surface area contributed by atoms with Crippen LogP contribution in [0.1, 0.15) is 117 Å². The number of hydrogen-bond acceptors (Lipinski definition) is 2. The van der Waals surface area contributed by atoms with Crippen molar-refractivity contribution in [3.63, 3.8) is 0 Å². The molecule has 0 radical (unpaired) electrons. The van der Waals surface area contributed by atoms with Gasteiger partial charge in [0.05, 0.1) is 0 Å². The third-order valence-corrected chi connectivity index (χ3v) is 5.23. The van der Waals surface area contributed by atoms with Crippen molar-refractivity contribution in [2.45, 2.75) is 117 Å². The Kier molecular flexibility index (Phi) is 20.8. The van der Waals surface area contributed by atoms with E-state index in [-0.39, 0.29) is 61.7 Å². The van der Waals surface area contributed by atoms with Crippen LogP contribution >= 0.6 is 0 Å². The second kappa shape index (κ2) is 18.9. The van der Waals surface area contributed by atoms with Gasteiger partial charge in [-0.25, -0.2) is 0 Å². The first-order valence-corrected chi connectivity index (χ1v) is 10.5. The molecule has 0 rings (SSSR count). The van der Waals surface area contributed by atoms with Crippen molar-refractivity contribution < 1.29 is 19.8 Å². The van der Waals surface area contributed by atoms with Crippen LogP contribution in [0.25, 0.3) is 0 Å². The van der Waals surface area contributed by atoms with Crippen LogP contribution in [0, 0.1) is 5.41 Å². The summed E-state index contributed by atoms with van der Waals surface area (Å²) in [6.45, 7) is 4.31. The zero-order chi connectivity index (χ0) is 19.0. The summed E-state index contributed by atoms with van der Waals surface area (Å²) in [5, 5.41) is 19.0. The first-order chi connectivity index (χ1) is 12.0. The number of carboxylic acid groups (broad SMARTS) is 2. The average molecular weight is 496 g/mol. The van der Waals surface area contributed by atoms with Crippen LogP contribution in [0.15, 0.2) is 0 Å². The summed E-state index contributed by atoms with van der Waals surface area (Å²) < 4.78 is 0. The number of rotatable bonds is 18. The van der Waals surface area contributed by atoms with Crippen molar-refractivity contribution in [3.05, 3.63) is 0 Å².